The smallest absolute Gasteiger partial charge is 0.165 e. The molecule has 0 aliphatic rings. The normalized spacial score (nSPS) is 10.9. The molecular formula is C12H14N2O2S. The van der Waals surface area contributed by atoms with Crippen molar-refractivity contribution in [3.8, 4) is 0 Å². The lowest BCUT2D eigenvalue weighted by Gasteiger charge is -1.99. The second-order valence-corrected chi connectivity index (χ2v) is 4.75. The third kappa shape index (κ3) is 3.33. The van der Waals surface area contributed by atoms with Crippen molar-refractivity contribution in [2.45, 2.75) is 6.42 Å². The molecule has 0 radical (unpaired) electrons. The van der Waals surface area contributed by atoms with Crippen molar-refractivity contribution in [1.82, 2.24) is 4.98 Å². The topological polar surface area (TPSA) is 65.2 Å². The van der Waals surface area contributed by atoms with Crippen LogP contribution in [0, 0.1) is 0 Å². The summed E-state index contributed by atoms with van der Waals surface area (Å²) in [7, 11) is 0. The van der Waals surface area contributed by atoms with Crippen molar-refractivity contribution < 1.29 is 9.53 Å². The number of fused-ring (bicyclic) bond motifs is 1. The first kappa shape index (κ1) is 12.2. The van der Waals surface area contributed by atoms with Crippen LogP contribution in [0.25, 0.3) is 10.2 Å². The van der Waals surface area contributed by atoms with Crippen LogP contribution in [0.5, 0.6) is 0 Å². The zero-order valence-electron chi connectivity index (χ0n) is 9.39. The molecule has 0 saturated carbocycles. The Morgan fingerprint density at radius 3 is 3.00 bits per heavy atom. The highest BCUT2D eigenvalue weighted by molar-refractivity contribution is 7.18. The number of nitrogens with zero attached hydrogens (tertiary/aromatic N) is 1. The number of nitrogens with two attached hydrogens (primary N) is 1. The molecule has 0 amide bonds. The highest BCUT2D eigenvalue weighted by Crippen LogP contribution is 2.21. The van der Waals surface area contributed by atoms with E-state index in [1.807, 2.05) is 24.3 Å². The highest BCUT2D eigenvalue weighted by Gasteiger charge is 2.08. The Bertz CT molecular complexity index is 477. The number of ether oxygens (including phenoxy) is 1. The zero-order valence-corrected chi connectivity index (χ0v) is 10.2. The van der Waals surface area contributed by atoms with E-state index in [2.05, 4.69) is 4.98 Å². The summed E-state index contributed by atoms with van der Waals surface area (Å²) in [5.74, 6) is 0.0394. The third-order valence-corrected chi connectivity index (χ3v) is 3.25. The first-order chi connectivity index (χ1) is 8.29. The van der Waals surface area contributed by atoms with Gasteiger partial charge in [-0.25, -0.2) is 4.98 Å². The van der Waals surface area contributed by atoms with Crippen molar-refractivity contribution in [3.63, 3.8) is 0 Å². The van der Waals surface area contributed by atoms with Crippen LogP contribution in [0.3, 0.4) is 0 Å². The molecule has 1 heterocycles. The van der Waals surface area contributed by atoms with Gasteiger partial charge in [0.25, 0.3) is 0 Å². The van der Waals surface area contributed by atoms with Crippen LogP contribution < -0.4 is 5.73 Å². The van der Waals surface area contributed by atoms with Gasteiger partial charge in [0.15, 0.2) is 5.78 Å². The SMILES string of the molecule is NCCOCC(=O)Cc1nc2ccccc2s1. The van der Waals surface area contributed by atoms with Gasteiger partial charge in [-0.05, 0) is 12.1 Å². The number of ketones is 1. The maximum atomic E-state index is 11.6. The number of Topliss-reactive ketones (excluding diaryl/α,β-unsaturated/α-hetero) is 1. The summed E-state index contributed by atoms with van der Waals surface area (Å²) in [6, 6.07) is 7.87. The van der Waals surface area contributed by atoms with Gasteiger partial charge in [0.1, 0.15) is 11.6 Å². The minimum atomic E-state index is 0.0394. The van der Waals surface area contributed by atoms with Crippen molar-refractivity contribution in [2.75, 3.05) is 19.8 Å². The molecule has 0 spiro atoms. The third-order valence-electron chi connectivity index (χ3n) is 2.21. The van der Waals surface area contributed by atoms with Gasteiger partial charge in [0.05, 0.1) is 23.2 Å². The summed E-state index contributed by atoms with van der Waals surface area (Å²) >= 11 is 1.55. The minimum absolute atomic E-state index is 0.0394. The van der Waals surface area contributed by atoms with Crippen LogP contribution in [0.2, 0.25) is 0 Å². The lowest BCUT2D eigenvalue weighted by Crippen LogP contribution is -2.15. The number of hydrogen-bond donors (Lipinski definition) is 1. The Hall–Kier alpha value is -1.30. The second kappa shape index (κ2) is 5.86. The lowest BCUT2D eigenvalue weighted by molar-refractivity contribution is -0.122. The number of aromatic nitrogens is 1. The van der Waals surface area contributed by atoms with E-state index in [1.165, 1.54) is 0 Å². The molecule has 0 saturated heterocycles. The molecule has 5 heteroatoms. The molecule has 2 N–H and O–H groups in total. The number of hydrogen-bond acceptors (Lipinski definition) is 5. The molecule has 0 atom stereocenters. The van der Waals surface area contributed by atoms with Gasteiger partial charge in [-0.1, -0.05) is 12.1 Å². The fraction of sp³-hybridized carbons (Fsp3) is 0.333. The van der Waals surface area contributed by atoms with Gasteiger partial charge < -0.3 is 10.5 Å². The number of para-hydroxylation sites is 1. The molecule has 2 aromatic rings. The largest absolute Gasteiger partial charge is 0.372 e. The molecule has 0 aliphatic carbocycles. The Kier molecular flexibility index (Phi) is 4.19. The van der Waals surface area contributed by atoms with E-state index in [4.69, 9.17) is 10.5 Å². The van der Waals surface area contributed by atoms with Crippen molar-refractivity contribution >= 4 is 27.3 Å². The van der Waals surface area contributed by atoms with Gasteiger partial charge >= 0.3 is 0 Å². The zero-order chi connectivity index (χ0) is 12.1. The summed E-state index contributed by atoms with van der Waals surface area (Å²) in [4.78, 5) is 16.0. The standard InChI is InChI=1S/C12H14N2O2S/c13-5-6-16-8-9(15)7-12-14-10-3-1-2-4-11(10)17-12/h1-4H,5-8,13H2. The van der Waals surface area contributed by atoms with Gasteiger partial charge in [-0.2, -0.15) is 0 Å². The van der Waals surface area contributed by atoms with Crippen LogP contribution in [0.15, 0.2) is 24.3 Å². The number of benzene rings is 1. The highest BCUT2D eigenvalue weighted by atomic mass is 32.1. The molecule has 90 valence electrons. The fourth-order valence-corrected chi connectivity index (χ4v) is 2.48. The first-order valence-corrected chi connectivity index (χ1v) is 6.25. The number of carbonyl (C=O) groups excluding carboxylic acids is 1. The monoisotopic (exact) mass is 250 g/mol. The molecular weight excluding hydrogens is 236 g/mol. The van der Waals surface area contributed by atoms with Gasteiger partial charge in [0.2, 0.25) is 0 Å². The average Bonchev–Trinajstić information content (AvgIpc) is 2.71. The van der Waals surface area contributed by atoms with Crippen molar-refractivity contribution in [1.29, 1.82) is 0 Å². The van der Waals surface area contributed by atoms with Crippen LogP contribution in [-0.2, 0) is 16.0 Å². The average molecular weight is 250 g/mol. The number of rotatable bonds is 6. The summed E-state index contributed by atoms with van der Waals surface area (Å²) in [6.07, 6.45) is 0.337. The predicted octanol–water partition coefficient (Wildman–Crippen LogP) is 1.38. The van der Waals surface area contributed by atoms with E-state index in [0.717, 1.165) is 15.2 Å². The van der Waals surface area contributed by atoms with E-state index in [0.29, 0.717) is 19.6 Å². The Morgan fingerprint density at radius 1 is 1.41 bits per heavy atom. The Morgan fingerprint density at radius 2 is 2.24 bits per heavy atom. The van der Waals surface area contributed by atoms with E-state index >= 15 is 0 Å². The van der Waals surface area contributed by atoms with Gasteiger partial charge in [-0.15, -0.1) is 11.3 Å². The van der Waals surface area contributed by atoms with E-state index < -0.39 is 0 Å². The molecule has 0 aliphatic heterocycles. The molecule has 2 rings (SSSR count). The summed E-state index contributed by atoms with van der Waals surface area (Å²) in [6.45, 7) is 0.979. The summed E-state index contributed by atoms with van der Waals surface area (Å²) < 4.78 is 6.20. The predicted molar refractivity (Wildman–Crippen MR) is 68.2 cm³/mol. The van der Waals surface area contributed by atoms with Crippen LogP contribution in [0.1, 0.15) is 5.01 Å². The molecule has 0 bridgehead atoms. The second-order valence-electron chi connectivity index (χ2n) is 3.63. The van der Waals surface area contributed by atoms with Crippen LogP contribution >= 0.6 is 11.3 Å². The van der Waals surface area contributed by atoms with Crippen molar-refractivity contribution in [3.05, 3.63) is 29.3 Å². The minimum Gasteiger partial charge on any atom is -0.372 e. The number of carbonyl (C=O) groups is 1. The van der Waals surface area contributed by atoms with E-state index in [9.17, 15) is 4.79 Å². The first-order valence-electron chi connectivity index (χ1n) is 5.43. The fourth-order valence-electron chi connectivity index (χ4n) is 1.48. The van der Waals surface area contributed by atoms with Crippen molar-refractivity contribution in [2.24, 2.45) is 5.73 Å². The maximum absolute atomic E-state index is 11.6. The summed E-state index contributed by atoms with van der Waals surface area (Å²) in [5, 5.41) is 0.840. The molecule has 0 unspecified atom stereocenters. The van der Waals surface area contributed by atoms with E-state index in [1.54, 1.807) is 11.3 Å². The Balaban J connectivity index is 1.96. The summed E-state index contributed by atoms with van der Waals surface area (Å²) in [5.41, 5.74) is 6.22. The maximum Gasteiger partial charge on any atom is 0.165 e. The quantitative estimate of drug-likeness (QED) is 0.787. The molecule has 1 aromatic heterocycles. The molecule has 17 heavy (non-hydrogen) atoms. The Labute approximate surface area is 103 Å². The number of thiazole rings is 1. The molecule has 0 fully saturated rings. The van der Waals surface area contributed by atoms with E-state index in [-0.39, 0.29) is 12.4 Å². The van der Waals surface area contributed by atoms with Crippen LogP contribution in [-0.4, -0.2) is 30.5 Å². The molecule has 1 aromatic carbocycles. The van der Waals surface area contributed by atoms with Crippen LogP contribution in [0.4, 0.5) is 0 Å². The van der Waals surface area contributed by atoms with Gasteiger partial charge in [0, 0.05) is 6.54 Å². The molecule has 4 nitrogen and oxygen atoms in total. The lowest BCUT2D eigenvalue weighted by atomic mass is 10.3. The van der Waals surface area contributed by atoms with Gasteiger partial charge in [-0.3, -0.25) is 4.79 Å².